The second-order valence-corrected chi connectivity index (χ2v) is 9.86. The van der Waals surface area contributed by atoms with E-state index in [1.807, 2.05) is 26.0 Å². The maximum absolute atomic E-state index is 12.8. The third kappa shape index (κ3) is 5.23. The Hall–Kier alpha value is -3.65. The molecule has 33 heavy (non-hydrogen) atoms. The standard InChI is InChI=1S/C25H24N2O5S/c1-16-4-12-22(13-5-16)33(29,30)15-23-18(3)32-25(27-23)20-9-7-19(8-10-20)24(28)26-14-21-11-6-17(2)31-21/h4-13H,14-15H2,1-3H3,(H,26,28). The quantitative estimate of drug-likeness (QED) is 0.423. The summed E-state index contributed by atoms with van der Waals surface area (Å²) in [5.74, 6) is 1.73. The van der Waals surface area contributed by atoms with E-state index in [1.165, 1.54) is 0 Å². The number of amides is 1. The first-order valence-electron chi connectivity index (χ1n) is 10.4. The SMILES string of the molecule is Cc1ccc(S(=O)(=O)Cc2nc(-c3ccc(C(=O)NCc4ccc(C)o4)cc3)oc2C)cc1. The van der Waals surface area contributed by atoms with Crippen LogP contribution in [0.15, 0.2) is 74.4 Å². The highest BCUT2D eigenvalue weighted by atomic mass is 32.2. The summed E-state index contributed by atoms with van der Waals surface area (Å²) in [6, 6.07) is 17.2. The molecule has 0 aliphatic heterocycles. The molecule has 2 aromatic carbocycles. The predicted octanol–water partition coefficient (Wildman–Crippen LogP) is 4.76. The first kappa shape index (κ1) is 22.5. The molecule has 0 saturated heterocycles. The summed E-state index contributed by atoms with van der Waals surface area (Å²) in [5, 5.41) is 2.81. The van der Waals surface area contributed by atoms with Gasteiger partial charge in [-0.15, -0.1) is 0 Å². The number of benzene rings is 2. The topological polar surface area (TPSA) is 102 Å². The van der Waals surface area contributed by atoms with Crippen LogP contribution in [-0.2, 0) is 22.1 Å². The maximum Gasteiger partial charge on any atom is 0.251 e. The van der Waals surface area contributed by atoms with Crippen LogP contribution in [0, 0.1) is 20.8 Å². The van der Waals surface area contributed by atoms with E-state index in [2.05, 4.69) is 10.3 Å². The molecule has 1 amide bonds. The van der Waals surface area contributed by atoms with Crippen LogP contribution < -0.4 is 5.32 Å². The Bertz CT molecular complexity index is 1380. The third-order valence-corrected chi connectivity index (χ3v) is 6.86. The summed E-state index contributed by atoms with van der Waals surface area (Å²) in [4.78, 5) is 17.0. The third-order valence-electron chi connectivity index (χ3n) is 5.21. The number of oxazole rings is 1. The summed E-state index contributed by atoms with van der Waals surface area (Å²) in [7, 11) is -3.55. The van der Waals surface area contributed by atoms with Gasteiger partial charge in [0.25, 0.3) is 5.91 Å². The minimum atomic E-state index is -3.55. The monoisotopic (exact) mass is 464 g/mol. The molecule has 7 nitrogen and oxygen atoms in total. The van der Waals surface area contributed by atoms with Gasteiger partial charge in [-0.2, -0.15) is 0 Å². The van der Waals surface area contributed by atoms with Gasteiger partial charge in [0.2, 0.25) is 5.89 Å². The minimum absolute atomic E-state index is 0.232. The van der Waals surface area contributed by atoms with E-state index in [0.29, 0.717) is 40.8 Å². The predicted molar refractivity (Wildman–Crippen MR) is 123 cm³/mol. The molecule has 0 aliphatic carbocycles. The van der Waals surface area contributed by atoms with Crippen molar-refractivity contribution in [1.29, 1.82) is 0 Å². The lowest BCUT2D eigenvalue weighted by molar-refractivity contribution is 0.0948. The number of aromatic nitrogens is 1. The fourth-order valence-corrected chi connectivity index (χ4v) is 4.65. The van der Waals surface area contributed by atoms with Crippen LogP contribution in [0.25, 0.3) is 11.5 Å². The molecule has 2 heterocycles. The molecule has 170 valence electrons. The zero-order chi connectivity index (χ0) is 23.6. The molecular weight excluding hydrogens is 440 g/mol. The molecule has 0 radical (unpaired) electrons. The molecule has 4 rings (SSSR count). The number of hydrogen-bond donors (Lipinski definition) is 1. The molecular formula is C25H24N2O5S. The lowest BCUT2D eigenvalue weighted by Gasteiger charge is -2.04. The Labute approximate surface area is 192 Å². The van der Waals surface area contributed by atoms with Gasteiger partial charge in [0.05, 0.1) is 17.1 Å². The molecule has 1 N–H and O–H groups in total. The Kier molecular flexibility index (Phi) is 6.20. The zero-order valence-electron chi connectivity index (χ0n) is 18.6. The number of aryl methyl sites for hydroxylation is 3. The van der Waals surface area contributed by atoms with Gasteiger partial charge in [-0.1, -0.05) is 17.7 Å². The highest BCUT2D eigenvalue weighted by molar-refractivity contribution is 7.90. The van der Waals surface area contributed by atoms with Crippen molar-refractivity contribution in [3.63, 3.8) is 0 Å². The van der Waals surface area contributed by atoms with E-state index in [-0.39, 0.29) is 16.6 Å². The smallest absolute Gasteiger partial charge is 0.251 e. The maximum atomic E-state index is 12.8. The van der Waals surface area contributed by atoms with Crippen molar-refractivity contribution < 1.29 is 22.0 Å². The van der Waals surface area contributed by atoms with Crippen LogP contribution in [0.1, 0.15) is 38.9 Å². The number of sulfone groups is 1. The number of furan rings is 1. The molecule has 4 aromatic rings. The van der Waals surface area contributed by atoms with E-state index in [0.717, 1.165) is 11.3 Å². The van der Waals surface area contributed by atoms with Crippen LogP contribution >= 0.6 is 0 Å². The normalized spacial score (nSPS) is 11.5. The van der Waals surface area contributed by atoms with Gasteiger partial charge in [-0.05, 0) is 69.3 Å². The molecule has 0 spiro atoms. The van der Waals surface area contributed by atoms with Gasteiger partial charge in [0.15, 0.2) is 9.84 Å². The Morgan fingerprint density at radius 1 is 0.909 bits per heavy atom. The molecule has 0 fully saturated rings. The lowest BCUT2D eigenvalue weighted by atomic mass is 10.1. The molecule has 8 heteroatoms. The van der Waals surface area contributed by atoms with Crippen molar-refractivity contribution in [3.8, 4) is 11.5 Å². The number of hydrogen-bond acceptors (Lipinski definition) is 6. The van der Waals surface area contributed by atoms with E-state index in [4.69, 9.17) is 8.83 Å². The summed E-state index contributed by atoms with van der Waals surface area (Å²) < 4.78 is 36.7. The van der Waals surface area contributed by atoms with Gasteiger partial charge in [0.1, 0.15) is 23.0 Å². The molecule has 2 aromatic heterocycles. The van der Waals surface area contributed by atoms with Crippen molar-refractivity contribution in [3.05, 3.63) is 94.8 Å². The second kappa shape index (κ2) is 9.07. The van der Waals surface area contributed by atoms with E-state index in [9.17, 15) is 13.2 Å². The number of nitrogens with one attached hydrogen (secondary N) is 1. The van der Waals surface area contributed by atoms with Crippen LogP contribution in [0.4, 0.5) is 0 Å². The van der Waals surface area contributed by atoms with Gasteiger partial charge < -0.3 is 14.2 Å². The van der Waals surface area contributed by atoms with Crippen LogP contribution in [0.2, 0.25) is 0 Å². The van der Waals surface area contributed by atoms with Crippen molar-refractivity contribution >= 4 is 15.7 Å². The first-order valence-corrected chi connectivity index (χ1v) is 12.1. The molecule has 0 aliphatic rings. The fraction of sp³-hybridized carbons (Fsp3) is 0.200. The molecule has 0 unspecified atom stereocenters. The number of carbonyl (C=O) groups is 1. The second-order valence-electron chi connectivity index (χ2n) is 7.87. The molecule has 0 saturated carbocycles. The van der Waals surface area contributed by atoms with Crippen LogP contribution in [0.5, 0.6) is 0 Å². The molecule has 0 bridgehead atoms. The van der Waals surface area contributed by atoms with Gasteiger partial charge in [-0.3, -0.25) is 4.79 Å². The van der Waals surface area contributed by atoms with Gasteiger partial charge >= 0.3 is 0 Å². The van der Waals surface area contributed by atoms with Crippen molar-refractivity contribution in [1.82, 2.24) is 10.3 Å². The number of rotatable bonds is 7. The van der Waals surface area contributed by atoms with E-state index < -0.39 is 9.84 Å². The molecule has 0 atom stereocenters. The Morgan fingerprint density at radius 3 is 2.24 bits per heavy atom. The Morgan fingerprint density at radius 2 is 1.61 bits per heavy atom. The van der Waals surface area contributed by atoms with Gasteiger partial charge in [0, 0.05) is 11.1 Å². The average Bonchev–Trinajstić information content (AvgIpc) is 3.37. The number of carbonyl (C=O) groups excluding carboxylic acids is 1. The fourth-order valence-electron chi connectivity index (χ4n) is 3.31. The van der Waals surface area contributed by atoms with E-state index in [1.54, 1.807) is 55.5 Å². The highest BCUT2D eigenvalue weighted by Crippen LogP contribution is 2.25. The minimum Gasteiger partial charge on any atom is -0.465 e. The largest absolute Gasteiger partial charge is 0.465 e. The van der Waals surface area contributed by atoms with Crippen molar-refractivity contribution in [2.75, 3.05) is 0 Å². The Balaban J connectivity index is 1.46. The van der Waals surface area contributed by atoms with E-state index >= 15 is 0 Å². The summed E-state index contributed by atoms with van der Waals surface area (Å²) in [5.41, 5.74) is 2.48. The van der Waals surface area contributed by atoms with Gasteiger partial charge in [-0.25, -0.2) is 13.4 Å². The summed E-state index contributed by atoms with van der Waals surface area (Å²) >= 11 is 0. The zero-order valence-corrected chi connectivity index (χ0v) is 19.4. The van der Waals surface area contributed by atoms with Crippen molar-refractivity contribution in [2.45, 2.75) is 38.0 Å². The summed E-state index contributed by atoms with van der Waals surface area (Å²) in [6.45, 7) is 5.73. The van der Waals surface area contributed by atoms with Crippen molar-refractivity contribution in [2.24, 2.45) is 0 Å². The lowest BCUT2D eigenvalue weighted by Crippen LogP contribution is -2.22. The number of nitrogens with zero attached hydrogens (tertiary/aromatic N) is 1. The average molecular weight is 465 g/mol. The van der Waals surface area contributed by atoms with Crippen LogP contribution in [-0.4, -0.2) is 19.3 Å². The summed E-state index contributed by atoms with van der Waals surface area (Å²) in [6.07, 6.45) is 0. The highest BCUT2D eigenvalue weighted by Gasteiger charge is 2.21. The first-order chi connectivity index (χ1) is 15.7. The van der Waals surface area contributed by atoms with Crippen LogP contribution in [0.3, 0.4) is 0 Å².